The van der Waals surface area contributed by atoms with Crippen molar-refractivity contribution in [2.75, 3.05) is 11.9 Å². The van der Waals surface area contributed by atoms with Crippen LogP contribution in [-0.2, 0) is 22.4 Å². The highest BCUT2D eigenvalue weighted by atomic mass is 19.1. The zero-order valence-electron chi connectivity index (χ0n) is 15.2. The van der Waals surface area contributed by atoms with Crippen molar-refractivity contribution < 1.29 is 18.7 Å². The number of ether oxygens (including phenoxy) is 1. The zero-order chi connectivity index (χ0) is 19.5. The minimum atomic E-state index is -0.592. The Hall–Kier alpha value is -3.28. The lowest BCUT2D eigenvalue weighted by molar-refractivity contribution is -0.119. The van der Waals surface area contributed by atoms with Gasteiger partial charge in [0.25, 0.3) is 5.91 Å². The predicted molar refractivity (Wildman–Crippen MR) is 104 cm³/mol. The summed E-state index contributed by atoms with van der Waals surface area (Å²) in [7, 11) is 0. The predicted octanol–water partition coefficient (Wildman–Crippen LogP) is 4.05. The molecule has 1 aliphatic rings. The number of aromatic nitrogens is 1. The maximum Gasteiger partial charge on any atom is 0.339 e. The van der Waals surface area contributed by atoms with Crippen molar-refractivity contribution in [3.8, 4) is 0 Å². The molecule has 0 aliphatic heterocycles. The van der Waals surface area contributed by atoms with Crippen molar-refractivity contribution in [1.82, 2.24) is 4.98 Å². The van der Waals surface area contributed by atoms with Gasteiger partial charge in [-0.3, -0.25) is 9.78 Å². The first-order chi connectivity index (χ1) is 13.6. The standard InChI is InChI=1S/C22H19FN2O3/c23-16-9-3-6-12-19(16)25-20(26)13-28-22(27)21-14-7-1-4-10-17(14)24-18-11-5-2-8-15(18)21/h1,3-4,6-7,9-10,12H,2,5,8,11,13H2,(H,25,26). The maximum absolute atomic E-state index is 13.6. The summed E-state index contributed by atoms with van der Waals surface area (Å²) in [6.45, 7) is -0.488. The molecule has 0 fully saturated rings. The third-order valence-corrected chi connectivity index (χ3v) is 4.86. The minimum Gasteiger partial charge on any atom is -0.452 e. The van der Waals surface area contributed by atoms with E-state index in [1.54, 1.807) is 6.07 Å². The summed E-state index contributed by atoms with van der Waals surface area (Å²) in [5, 5.41) is 3.14. The number of carbonyl (C=O) groups excluding carboxylic acids is 2. The van der Waals surface area contributed by atoms with Crippen LogP contribution in [0.4, 0.5) is 10.1 Å². The van der Waals surface area contributed by atoms with Gasteiger partial charge in [-0.1, -0.05) is 30.3 Å². The third-order valence-electron chi connectivity index (χ3n) is 4.86. The van der Waals surface area contributed by atoms with E-state index in [1.807, 2.05) is 24.3 Å². The fraction of sp³-hybridized carbons (Fsp3) is 0.227. The number of halogens is 1. The average Bonchev–Trinajstić information content (AvgIpc) is 2.72. The summed E-state index contributed by atoms with van der Waals surface area (Å²) >= 11 is 0. The third kappa shape index (κ3) is 3.58. The molecule has 6 heteroatoms. The van der Waals surface area contributed by atoms with E-state index >= 15 is 0 Å². The lowest BCUT2D eigenvalue weighted by atomic mass is 9.90. The van der Waals surface area contributed by atoms with E-state index in [-0.39, 0.29) is 5.69 Å². The van der Waals surface area contributed by atoms with Crippen molar-refractivity contribution in [2.45, 2.75) is 25.7 Å². The van der Waals surface area contributed by atoms with E-state index in [0.717, 1.165) is 47.8 Å². The number of hydrogen-bond acceptors (Lipinski definition) is 4. The van der Waals surface area contributed by atoms with Gasteiger partial charge in [0.15, 0.2) is 6.61 Å². The first kappa shape index (κ1) is 18.1. The first-order valence-corrected chi connectivity index (χ1v) is 9.25. The molecule has 2 aromatic carbocycles. The molecule has 5 nitrogen and oxygen atoms in total. The lowest BCUT2D eigenvalue weighted by Gasteiger charge is -2.19. The summed E-state index contributed by atoms with van der Waals surface area (Å²) in [4.78, 5) is 29.6. The molecule has 1 aliphatic carbocycles. The maximum atomic E-state index is 13.6. The molecular formula is C22H19FN2O3. The van der Waals surface area contributed by atoms with Crippen LogP contribution in [-0.4, -0.2) is 23.5 Å². The molecule has 0 radical (unpaired) electrons. The number of rotatable bonds is 4. The second kappa shape index (κ2) is 7.76. The summed E-state index contributed by atoms with van der Waals surface area (Å²) in [6.07, 6.45) is 3.62. The van der Waals surface area contributed by atoms with E-state index in [2.05, 4.69) is 5.32 Å². The summed E-state index contributed by atoms with van der Waals surface area (Å²) in [5.41, 5.74) is 3.11. The van der Waals surface area contributed by atoms with Crippen molar-refractivity contribution in [3.63, 3.8) is 0 Å². The van der Waals surface area contributed by atoms with Gasteiger partial charge in [-0.2, -0.15) is 0 Å². The number of anilines is 1. The van der Waals surface area contributed by atoms with E-state index in [9.17, 15) is 14.0 Å². The number of benzene rings is 2. The van der Waals surface area contributed by atoms with Gasteiger partial charge in [-0.15, -0.1) is 0 Å². The molecular weight excluding hydrogens is 359 g/mol. The smallest absolute Gasteiger partial charge is 0.339 e. The van der Waals surface area contributed by atoms with Crippen LogP contribution in [0.3, 0.4) is 0 Å². The van der Waals surface area contributed by atoms with Crippen LogP contribution >= 0.6 is 0 Å². The molecule has 0 saturated heterocycles. The van der Waals surface area contributed by atoms with Crippen LogP contribution in [0, 0.1) is 5.82 Å². The highest BCUT2D eigenvalue weighted by Gasteiger charge is 2.24. The largest absolute Gasteiger partial charge is 0.452 e. The number of hydrogen-bond donors (Lipinski definition) is 1. The molecule has 0 spiro atoms. The molecule has 0 bridgehead atoms. The van der Waals surface area contributed by atoms with Gasteiger partial charge in [0.1, 0.15) is 5.82 Å². The van der Waals surface area contributed by atoms with Crippen LogP contribution in [0.5, 0.6) is 0 Å². The van der Waals surface area contributed by atoms with Gasteiger partial charge in [0, 0.05) is 11.1 Å². The summed E-state index contributed by atoms with van der Waals surface area (Å²) in [6, 6.07) is 13.3. The normalized spacial score (nSPS) is 13.0. The molecule has 1 amide bonds. The van der Waals surface area contributed by atoms with Crippen molar-refractivity contribution >= 4 is 28.5 Å². The molecule has 142 valence electrons. The summed E-state index contributed by atoms with van der Waals surface area (Å²) in [5.74, 6) is -1.69. The molecule has 3 aromatic rings. The Morgan fingerprint density at radius 1 is 1.04 bits per heavy atom. The molecule has 28 heavy (non-hydrogen) atoms. The molecule has 0 unspecified atom stereocenters. The summed E-state index contributed by atoms with van der Waals surface area (Å²) < 4.78 is 18.9. The molecule has 4 rings (SSSR count). The fourth-order valence-corrected chi connectivity index (χ4v) is 3.56. The number of pyridine rings is 1. The van der Waals surface area contributed by atoms with Crippen LogP contribution in [0.25, 0.3) is 10.9 Å². The van der Waals surface area contributed by atoms with Gasteiger partial charge in [0.2, 0.25) is 0 Å². The Bertz CT molecular complexity index is 1060. The van der Waals surface area contributed by atoms with Crippen LogP contribution < -0.4 is 5.32 Å². The number of amides is 1. The number of nitrogens with zero attached hydrogens (tertiary/aromatic N) is 1. The SMILES string of the molecule is O=C(COC(=O)c1c2c(nc3ccccc13)CCCC2)Nc1ccccc1F. The number of carbonyl (C=O) groups is 2. The van der Waals surface area contributed by atoms with Gasteiger partial charge >= 0.3 is 5.97 Å². The highest BCUT2D eigenvalue weighted by Crippen LogP contribution is 2.29. The fourth-order valence-electron chi connectivity index (χ4n) is 3.56. The van der Waals surface area contributed by atoms with Crippen molar-refractivity contribution in [1.29, 1.82) is 0 Å². The highest BCUT2D eigenvalue weighted by molar-refractivity contribution is 6.06. The van der Waals surface area contributed by atoms with Crippen LogP contribution in [0.2, 0.25) is 0 Å². The lowest BCUT2D eigenvalue weighted by Crippen LogP contribution is -2.23. The van der Waals surface area contributed by atoms with Crippen molar-refractivity contribution in [2.24, 2.45) is 0 Å². The second-order valence-corrected chi connectivity index (χ2v) is 6.74. The van der Waals surface area contributed by atoms with Crippen LogP contribution in [0.15, 0.2) is 48.5 Å². The Morgan fingerprint density at radius 2 is 1.79 bits per heavy atom. The van der Waals surface area contributed by atoms with Crippen molar-refractivity contribution in [3.05, 3.63) is 71.2 Å². The molecule has 1 heterocycles. The number of fused-ring (bicyclic) bond motifs is 2. The number of esters is 1. The molecule has 1 N–H and O–H groups in total. The average molecular weight is 378 g/mol. The second-order valence-electron chi connectivity index (χ2n) is 6.74. The van der Waals surface area contributed by atoms with Crippen LogP contribution in [0.1, 0.15) is 34.5 Å². The van der Waals surface area contributed by atoms with E-state index in [1.165, 1.54) is 18.2 Å². The van der Waals surface area contributed by atoms with E-state index in [4.69, 9.17) is 9.72 Å². The Kier molecular flexibility index (Phi) is 5.02. The topological polar surface area (TPSA) is 68.3 Å². The number of para-hydroxylation sites is 2. The quantitative estimate of drug-likeness (QED) is 0.696. The van der Waals surface area contributed by atoms with Gasteiger partial charge in [0.05, 0.1) is 16.8 Å². The minimum absolute atomic E-state index is 0.0512. The molecule has 0 atom stereocenters. The van der Waals surface area contributed by atoms with E-state index in [0.29, 0.717) is 5.56 Å². The van der Waals surface area contributed by atoms with Gasteiger partial charge in [-0.25, -0.2) is 9.18 Å². The number of aryl methyl sites for hydroxylation is 1. The Labute approximate surface area is 161 Å². The van der Waals surface area contributed by atoms with Gasteiger partial charge in [-0.05, 0) is 49.4 Å². The van der Waals surface area contributed by atoms with E-state index < -0.39 is 24.3 Å². The number of nitrogens with one attached hydrogen (secondary N) is 1. The Balaban J connectivity index is 1.56. The zero-order valence-corrected chi connectivity index (χ0v) is 15.2. The first-order valence-electron chi connectivity index (χ1n) is 9.25. The Morgan fingerprint density at radius 3 is 2.64 bits per heavy atom. The monoisotopic (exact) mass is 378 g/mol. The molecule has 1 aromatic heterocycles. The molecule has 0 saturated carbocycles. The van der Waals surface area contributed by atoms with Gasteiger partial charge < -0.3 is 10.1 Å².